The van der Waals surface area contributed by atoms with Gasteiger partial charge >= 0.3 is 0 Å². The molecule has 1 aromatic carbocycles. The van der Waals surface area contributed by atoms with Crippen LogP contribution in [0.3, 0.4) is 0 Å². The van der Waals surface area contributed by atoms with Crippen LogP contribution in [0.4, 0.5) is 0 Å². The summed E-state index contributed by atoms with van der Waals surface area (Å²) in [4.78, 5) is 0. The quantitative estimate of drug-likeness (QED) is 0.798. The Labute approximate surface area is 96.7 Å². The summed E-state index contributed by atoms with van der Waals surface area (Å²) in [5.74, 6) is 1.37. The van der Waals surface area contributed by atoms with E-state index >= 15 is 0 Å². The molecule has 86 valence electrons. The van der Waals surface area contributed by atoms with Crippen LogP contribution in [0.2, 0.25) is 0 Å². The maximum absolute atomic E-state index is 9.77. The molecule has 2 nitrogen and oxygen atoms in total. The molecule has 0 bridgehead atoms. The molecular formula is C14H19NO. The zero-order chi connectivity index (χ0) is 11.1. The van der Waals surface area contributed by atoms with Crippen molar-refractivity contribution in [2.24, 2.45) is 5.92 Å². The predicted octanol–water partition coefficient (Wildman–Crippen LogP) is 2.77. The first kappa shape index (κ1) is 10.2. The molecule has 1 unspecified atom stereocenters. The molecule has 16 heavy (non-hydrogen) atoms. The Balaban J connectivity index is 1.74. The Kier molecular flexibility index (Phi) is 2.40. The molecular weight excluding hydrogens is 198 g/mol. The molecule has 0 aromatic heterocycles. The van der Waals surface area contributed by atoms with E-state index in [1.165, 1.54) is 18.4 Å². The van der Waals surface area contributed by atoms with Gasteiger partial charge in [-0.2, -0.15) is 0 Å². The number of benzene rings is 1. The van der Waals surface area contributed by atoms with Gasteiger partial charge in [-0.25, -0.2) is 0 Å². The van der Waals surface area contributed by atoms with Gasteiger partial charge in [0.15, 0.2) is 0 Å². The Morgan fingerprint density at radius 3 is 2.88 bits per heavy atom. The smallest absolute Gasteiger partial charge is 0.119 e. The number of aromatic hydroxyl groups is 1. The number of rotatable bonds is 2. The van der Waals surface area contributed by atoms with Crippen molar-refractivity contribution >= 4 is 0 Å². The summed E-state index contributed by atoms with van der Waals surface area (Å²) in [6, 6.07) is 7.08. The van der Waals surface area contributed by atoms with Crippen LogP contribution >= 0.6 is 0 Å². The second-order valence-electron chi connectivity index (χ2n) is 5.38. The first-order chi connectivity index (χ1) is 7.74. The Morgan fingerprint density at radius 2 is 2.12 bits per heavy atom. The average Bonchev–Trinajstić information content (AvgIpc) is 2.61. The number of phenolic OH excluding ortho intramolecular Hbond substituents is 1. The molecule has 2 aliphatic rings. The average molecular weight is 217 g/mol. The van der Waals surface area contributed by atoms with Gasteiger partial charge in [0.2, 0.25) is 0 Å². The summed E-state index contributed by atoms with van der Waals surface area (Å²) >= 11 is 0. The van der Waals surface area contributed by atoms with Crippen LogP contribution in [-0.2, 0) is 6.42 Å². The van der Waals surface area contributed by atoms with E-state index in [9.17, 15) is 5.11 Å². The van der Waals surface area contributed by atoms with Crippen LogP contribution in [0, 0.1) is 5.92 Å². The minimum atomic E-state index is 0.472. The maximum atomic E-state index is 9.77. The lowest BCUT2D eigenvalue weighted by molar-refractivity contribution is 0.222. The van der Waals surface area contributed by atoms with E-state index in [4.69, 9.17) is 0 Å². The molecule has 0 spiro atoms. The second kappa shape index (κ2) is 3.77. The third kappa shape index (κ3) is 1.61. The summed E-state index contributed by atoms with van der Waals surface area (Å²) < 4.78 is 0. The van der Waals surface area contributed by atoms with Gasteiger partial charge in [0, 0.05) is 12.1 Å². The molecule has 1 fully saturated rings. The zero-order valence-electron chi connectivity index (χ0n) is 9.74. The van der Waals surface area contributed by atoms with E-state index in [1.54, 1.807) is 6.07 Å². The normalized spacial score (nSPS) is 32.2. The molecule has 2 aliphatic carbocycles. The van der Waals surface area contributed by atoms with Crippen LogP contribution in [0.5, 0.6) is 5.75 Å². The molecule has 1 atom stereocenters. The number of phenols is 1. The molecule has 0 aliphatic heterocycles. The molecule has 1 aromatic rings. The van der Waals surface area contributed by atoms with Crippen molar-refractivity contribution in [3.05, 3.63) is 29.3 Å². The minimum Gasteiger partial charge on any atom is -0.508 e. The lowest BCUT2D eigenvalue weighted by atomic mass is 9.81. The second-order valence-corrected chi connectivity index (χ2v) is 5.38. The van der Waals surface area contributed by atoms with E-state index in [2.05, 4.69) is 18.3 Å². The lowest BCUT2D eigenvalue weighted by Crippen LogP contribution is -2.41. The highest BCUT2D eigenvalue weighted by Crippen LogP contribution is 2.38. The van der Waals surface area contributed by atoms with Crippen molar-refractivity contribution < 1.29 is 5.11 Å². The van der Waals surface area contributed by atoms with Gasteiger partial charge in [-0.1, -0.05) is 19.1 Å². The van der Waals surface area contributed by atoms with Crippen molar-refractivity contribution in [3.8, 4) is 5.75 Å². The number of hydrogen-bond donors (Lipinski definition) is 2. The molecule has 3 rings (SSSR count). The van der Waals surface area contributed by atoms with E-state index in [0.29, 0.717) is 17.8 Å². The molecule has 2 N–H and O–H groups in total. The summed E-state index contributed by atoms with van der Waals surface area (Å²) in [6.45, 7) is 2.31. The van der Waals surface area contributed by atoms with Gasteiger partial charge in [0.05, 0.1) is 0 Å². The summed E-state index contributed by atoms with van der Waals surface area (Å²) in [5, 5.41) is 13.5. The van der Waals surface area contributed by atoms with Crippen molar-refractivity contribution in [2.75, 3.05) is 0 Å². The van der Waals surface area contributed by atoms with Crippen molar-refractivity contribution in [3.63, 3.8) is 0 Å². The van der Waals surface area contributed by atoms with E-state index in [-0.39, 0.29) is 0 Å². The van der Waals surface area contributed by atoms with Crippen molar-refractivity contribution in [1.82, 2.24) is 5.32 Å². The molecule has 0 saturated heterocycles. The molecule has 1 saturated carbocycles. The molecule has 2 heteroatoms. The Hall–Kier alpha value is -1.02. The van der Waals surface area contributed by atoms with Crippen molar-refractivity contribution in [1.29, 1.82) is 0 Å². The van der Waals surface area contributed by atoms with Crippen LogP contribution in [0.15, 0.2) is 18.2 Å². The van der Waals surface area contributed by atoms with Crippen LogP contribution in [0.25, 0.3) is 0 Å². The summed E-state index contributed by atoms with van der Waals surface area (Å²) in [6.07, 6.45) is 4.77. The highest BCUT2D eigenvalue weighted by molar-refractivity contribution is 5.44. The van der Waals surface area contributed by atoms with Crippen LogP contribution in [0.1, 0.15) is 43.4 Å². The third-order valence-electron chi connectivity index (χ3n) is 4.06. The Bertz CT molecular complexity index is 396. The van der Waals surface area contributed by atoms with Gasteiger partial charge in [-0.3, -0.25) is 0 Å². The minimum absolute atomic E-state index is 0.472. The standard InChI is InChI=1S/C14H19NO/c1-9-7-10(8-9)15-13-6-5-12-11(13)3-2-4-14(12)16/h2-4,9-10,13,15-16H,5-8H2,1H3. The fraction of sp³-hybridized carbons (Fsp3) is 0.571. The van der Waals surface area contributed by atoms with Gasteiger partial charge in [0.1, 0.15) is 5.75 Å². The van der Waals surface area contributed by atoms with Crippen LogP contribution in [-0.4, -0.2) is 11.1 Å². The maximum Gasteiger partial charge on any atom is 0.119 e. The predicted molar refractivity (Wildman–Crippen MR) is 64.5 cm³/mol. The molecule has 0 radical (unpaired) electrons. The fourth-order valence-electron chi connectivity index (χ4n) is 3.13. The lowest BCUT2D eigenvalue weighted by Gasteiger charge is -2.35. The highest BCUT2D eigenvalue weighted by Gasteiger charge is 2.31. The largest absolute Gasteiger partial charge is 0.508 e. The van der Waals surface area contributed by atoms with Gasteiger partial charge < -0.3 is 10.4 Å². The topological polar surface area (TPSA) is 32.3 Å². The van der Waals surface area contributed by atoms with Crippen molar-refractivity contribution in [2.45, 2.75) is 44.7 Å². The number of fused-ring (bicyclic) bond motifs is 1. The monoisotopic (exact) mass is 217 g/mol. The number of nitrogens with one attached hydrogen (secondary N) is 1. The summed E-state index contributed by atoms with van der Waals surface area (Å²) in [7, 11) is 0. The van der Waals surface area contributed by atoms with E-state index in [1.807, 2.05) is 6.07 Å². The van der Waals surface area contributed by atoms with Gasteiger partial charge in [-0.05, 0) is 48.8 Å². The third-order valence-corrected chi connectivity index (χ3v) is 4.06. The fourth-order valence-corrected chi connectivity index (χ4v) is 3.13. The van der Waals surface area contributed by atoms with Crippen LogP contribution < -0.4 is 5.32 Å². The zero-order valence-corrected chi connectivity index (χ0v) is 9.74. The first-order valence-electron chi connectivity index (χ1n) is 6.31. The summed E-state index contributed by atoms with van der Waals surface area (Å²) in [5.41, 5.74) is 2.48. The SMILES string of the molecule is CC1CC(NC2CCc3c(O)cccc32)C1. The number of hydrogen-bond acceptors (Lipinski definition) is 2. The van der Waals surface area contributed by atoms with E-state index in [0.717, 1.165) is 24.3 Å². The molecule has 0 amide bonds. The Morgan fingerprint density at radius 1 is 1.31 bits per heavy atom. The van der Waals surface area contributed by atoms with Gasteiger partial charge in [-0.15, -0.1) is 0 Å². The first-order valence-corrected chi connectivity index (χ1v) is 6.31. The highest BCUT2D eigenvalue weighted by atomic mass is 16.3. The van der Waals surface area contributed by atoms with Gasteiger partial charge in [0.25, 0.3) is 0 Å². The van der Waals surface area contributed by atoms with E-state index < -0.39 is 0 Å². The molecule has 0 heterocycles.